The Morgan fingerprint density at radius 3 is 2.76 bits per heavy atom. The number of benzene rings is 1. The molecule has 1 aliphatic carbocycles. The SMILES string of the molecule is COc1ccc(CN2CCCC2c2nc3c([nH]2)CCCC3)cc1OC. The zero-order chi connectivity index (χ0) is 17.2. The minimum absolute atomic E-state index is 0.402. The normalized spacial score (nSPS) is 20.5. The molecule has 2 aromatic rings. The highest BCUT2D eigenvalue weighted by atomic mass is 16.5. The lowest BCUT2D eigenvalue weighted by molar-refractivity contribution is 0.240. The fourth-order valence-electron chi connectivity index (χ4n) is 4.17. The van der Waals surface area contributed by atoms with E-state index in [1.54, 1.807) is 14.2 Å². The van der Waals surface area contributed by atoms with Crippen LogP contribution in [0.3, 0.4) is 0 Å². The Labute approximate surface area is 149 Å². The molecule has 0 bridgehead atoms. The van der Waals surface area contributed by atoms with Gasteiger partial charge in [0, 0.05) is 12.2 Å². The molecule has 5 heteroatoms. The molecule has 1 saturated heterocycles. The first kappa shape index (κ1) is 16.5. The van der Waals surface area contributed by atoms with Gasteiger partial charge in [-0.2, -0.15) is 0 Å². The number of methoxy groups -OCH3 is 2. The molecular formula is C20H27N3O2. The van der Waals surface area contributed by atoms with E-state index in [0.29, 0.717) is 6.04 Å². The van der Waals surface area contributed by atoms with Crippen molar-refractivity contribution in [3.05, 3.63) is 41.0 Å². The Balaban J connectivity index is 1.53. The number of aromatic amines is 1. The van der Waals surface area contributed by atoms with Gasteiger partial charge in [0.05, 0.1) is 26.0 Å². The van der Waals surface area contributed by atoms with Crippen LogP contribution >= 0.6 is 0 Å². The van der Waals surface area contributed by atoms with E-state index in [-0.39, 0.29) is 0 Å². The quantitative estimate of drug-likeness (QED) is 0.902. The van der Waals surface area contributed by atoms with Crippen molar-refractivity contribution in [3.63, 3.8) is 0 Å². The van der Waals surface area contributed by atoms with Crippen LogP contribution in [-0.2, 0) is 19.4 Å². The summed E-state index contributed by atoms with van der Waals surface area (Å²) in [6.45, 7) is 2.03. The molecule has 0 radical (unpaired) electrons. The van der Waals surface area contributed by atoms with Crippen molar-refractivity contribution in [2.45, 2.75) is 51.1 Å². The van der Waals surface area contributed by atoms with Crippen molar-refractivity contribution in [1.29, 1.82) is 0 Å². The average molecular weight is 341 g/mol. The van der Waals surface area contributed by atoms with Crippen LogP contribution in [0.15, 0.2) is 18.2 Å². The van der Waals surface area contributed by atoms with Crippen LogP contribution in [0.1, 0.15) is 54.5 Å². The molecule has 0 saturated carbocycles. The number of imidazole rings is 1. The molecule has 5 nitrogen and oxygen atoms in total. The molecule has 0 amide bonds. The van der Waals surface area contributed by atoms with E-state index in [4.69, 9.17) is 14.5 Å². The van der Waals surface area contributed by atoms with E-state index in [9.17, 15) is 0 Å². The molecule has 1 atom stereocenters. The summed E-state index contributed by atoms with van der Waals surface area (Å²) in [6.07, 6.45) is 7.26. The second-order valence-electron chi connectivity index (χ2n) is 7.07. The molecule has 2 heterocycles. The van der Waals surface area contributed by atoms with E-state index in [0.717, 1.165) is 37.4 Å². The minimum atomic E-state index is 0.402. The van der Waals surface area contributed by atoms with Crippen LogP contribution in [0.4, 0.5) is 0 Å². The van der Waals surface area contributed by atoms with Crippen molar-refractivity contribution in [2.24, 2.45) is 0 Å². The number of ether oxygens (including phenoxy) is 2. The molecule has 2 aliphatic rings. The van der Waals surface area contributed by atoms with E-state index < -0.39 is 0 Å². The Hall–Kier alpha value is -2.01. The molecule has 0 spiro atoms. The molecule has 1 unspecified atom stereocenters. The van der Waals surface area contributed by atoms with Crippen molar-refractivity contribution in [2.75, 3.05) is 20.8 Å². The highest BCUT2D eigenvalue weighted by Gasteiger charge is 2.29. The Bertz CT molecular complexity index is 717. The molecule has 25 heavy (non-hydrogen) atoms. The summed E-state index contributed by atoms with van der Waals surface area (Å²) < 4.78 is 10.8. The first-order chi connectivity index (χ1) is 12.3. The van der Waals surface area contributed by atoms with Crippen molar-refractivity contribution < 1.29 is 9.47 Å². The van der Waals surface area contributed by atoms with Crippen molar-refractivity contribution in [3.8, 4) is 11.5 Å². The number of H-pyrrole nitrogens is 1. The summed E-state index contributed by atoms with van der Waals surface area (Å²) in [6, 6.07) is 6.61. The number of hydrogen-bond donors (Lipinski definition) is 1. The van der Waals surface area contributed by atoms with Gasteiger partial charge in [-0.15, -0.1) is 0 Å². The third kappa shape index (κ3) is 3.25. The largest absolute Gasteiger partial charge is 0.493 e. The Kier molecular flexibility index (Phi) is 4.66. The fraction of sp³-hybridized carbons (Fsp3) is 0.550. The van der Waals surface area contributed by atoms with Crippen molar-refractivity contribution >= 4 is 0 Å². The summed E-state index contributed by atoms with van der Waals surface area (Å²) in [7, 11) is 3.36. The highest BCUT2D eigenvalue weighted by Crippen LogP contribution is 2.35. The molecule has 4 rings (SSSR count). The number of aromatic nitrogens is 2. The third-order valence-electron chi connectivity index (χ3n) is 5.49. The second kappa shape index (κ2) is 7.08. The van der Waals surface area contributed by atoms with Gasteiger partial charge >= 0.3 is 0 Å². The predicted octanol–water partition coefficient (Wildman–Crippen LogP) is 3.64. The zero-order valence-electron chi connectivity index (χ0n) is 15.2. The lowest BCUT2D eigenvalue weighted by Crippen LogP contribution is -2.23. The Morgan fingerprint density at radius 1 is 1.12 bits per heavy atom. The number of fused-ring (bicyclic) bond motifs is 1. The number of nitrogens with one attached hydrogen (secondary N) is 1. The van der Waals surface area contributed by atoms with E-state index in [2.05, 4.69) is 22.0 Å². The molecular weight excluding hydrogens is 314 g/mol. The fourth-order valence-corrected chi connectivity index (χ4v) is 4.17. The minimum Gasteiger partial charge on any atom is -0.493 e. The van der Waals surface area contributed by atoms with Crippen LogP contribution in [0.2, 0.25) is 0 Å². The van der Waals surface area contributed by atoms with Crippen LogP contribution in [0.5, 0.6) is 11.5 Å². The van der Waals surface area contributed by atoms with E-state index in [1.807, 2.05) is 6.07 Å². The standard InChI is InChI=1S/C20H27N3O2/c1-24-18-10-9-14(12-19(18)25-2)13-23-11-5-8-17(23)20-21-15-6-3-4-7-16(15)22-20/h9-10,12,17H,3-8,11,13H2,1-2H3,(H,21,22). The number of nitrogens with zero attached hydrogens (tertiary/aromatic N) is 2. The van der Waals surface area contributed by atoms with Crippen LogP contribution in [-0.4, -0.2) is 35.6 Å². The molecule has 1 fully saturated rings. The summed E-state index contributed by atoms with van der Waals surface area (Å²) in [4.78, 5) is 11.1. The first-order valence-electron chi connectivity index (χ1n) is 9.31. The van der Waals surface area contributed by atoms with Crippen LogP contribution < -0.4 is 9.47 Å². The van der Waals surface area contributed by atoms with Gasteiger partial charge in [0.1, 0.15) is 5.82 Å². The van der Waals surface area contributed by atoms with Crippen LogP contribution in [0, 0.1) is 0 Å². The molecule has 1 aromatic carbocycles. The maximum Gasteiger partial charge on any atom is 0.161 e. The third-order valence-corrected chi connectivity index (χ3v) is 5.49. The second-order valence-corrected chi connectivity index (χ2v) is 7.07. The molecule has 1 N–H and O–H groups in total. The molecule has 1 aromatic heterocycles. The van der Waals surface area contributed by atoms with Gasteiger partial charge in [-0.25, -0.2) is 4.98 Å². The number of hydrogen-bond acceptors (Lipinski definition) is 4. The van der Waals surface area contributed by atoms with E-state index in [1.165, 1.54) is 48.5 Å². The smallest absolute Gasteiger partial charge is 0.161 e. The number of likely N-dealkylation sites (tertiary alicyclic amines) is 1. The first-order valence-corrected chi connectivity index (χ1v) is 9.31. The molecule has 1 aliphatic heterocycles. The maximum absolute atomic E-state index is 5.45. The summed E-state index contributed by atoms with van der Waals surface area (Å²) in [5, 5.41) is 0. The summed E-state index contributed by atoms with van der Waals surface area (Å²) in [5.41, 5.74) is 3.93. The van der Waals surface area contributed by atoms with Gasteiger partial charge in [0.25, 0.3) is 0 Å². The average Bonchev–Trinajstić information content (AvgIpc) is 3.27. The zero-order valence-corrected chi connectivity index (χ0v) is 15.2. The van der Waals surface area contributed by atoms with Gasteiger partial charge < -0.3 is 14.5 Å². The van der Waals surface area contributed by atoms with Crippen LogP contribution in [0.25, 0.3) is 0 Å². The number of rotatable bonds is 5. The predicted molar refractivity (Wildman–Crippen MR) is 97.2 cm³/mol. The lowest BCUT2D eigenvalue weighted by atomic mass is 10.0. The Morgan fingerprint density at radius 2 is 1.96 bits per heavy atom. The van der Waals surface area contributed by atoms with Gasteiger partial charge in [-0.3, -0.25) is 4.90 Å². The topological polar surface area (TPSA) is 50.4 Å². The van der Waals surface area contributed by atoms with E-state index >= 15 is 0 Å². The number of aryl methyl sites for hydroxylation is 2. The van der Waals surface area contributed by atoms with Gasteiger partial charge in [0.15, 0.2) is 11.5 Å². The lowest BCUT2D eigenvalue weighted by Gasteiger charge is -2.23. The molecule has 134 valence electrons. The van der Waals surface area contributed by atoms with Crippen molar-refractivity contribution in [1.82, 2.24) is 14.9 Å². The maximum atomic E-state index is 5.45. The van der Waals surface area contributed by atoms with Gasteiger partial charge in [0.2, 0.25) is 0 Å². The highest BCUT2D eigenvalue weighted by molar-refractivity contribution is 5.42. The summed E-state index contributed by atoms with van der Waals surface area (Å²) >= 11 is 0. The monoisotopic (exact) mass is 341 g/mol. The summed E-state index contributed by atoms with van der Waals surface area (Å²) in [5.74, 6) is 2.75. The van der Waals surface area contributed by atoms with Gasteiger partial charge in [-0.05, 0) is 62.8 Å². The van der Waals surface area contributed by atoms with Gasteiger partial charge in [-0.1, -0.05) is 6.07 Å².